The van der Waals surface area contributed by atoms with Crippen LogP contribution in [0.3, 0.4) is 0 Å². The molecule has 3 nitrogen and oxygen atoms in total. The van der Waals surface area contributed by atoms with E-state index in [2.05, 4.69) is 30.7 Å². The van der Waals surface area contributed by atoms with E-state index in [1.165, 1.54) is 26.1 Å². The van der Waals surface area contributed by atoms with Crippen molar-refractivity contribution in [3.63, 3.8) is 0 Å². The molecule has 0 bridgehead atoms. The van der Waals surface area contributed by atoms with Crippen LogP contribution in [0.2, 0.25) is 0 Å². The van der Waals surface area contributed by atoms with Gasteiger partial charge in [-0.15, -0.1) is 0 Å². The van der Waals surface area contributed by atoms with Gasteiger partial charge in [0.2, 0.25) is 0 Å². The largest absolute Gasteiger partial charge is 0.329 e. The van der Waals surface area contributed by atoms with Gasteiger partial charge in [-0.05, 0) is 40.4 Å². The highest BCUT2D eigenvalue weighted by atomic mass is 15.2. The molecule has 1 heterocycles. The molecule has 0 unspecified atom stereocenters. The van der Waals surface area contributed by atoms with Crippen molar-refractivity contribution in [1.82, 2.24) is 9.80 Å². The predicted octanol–water partition coefficient (Wildman–Crippen LogP) is 0.361. The lowest BCUT2D eigenvalue weighted by atomic mass is 10.0. The van der Waals surface area contributed by atoms with Gasteiger partial charge in [-0.1, -0.05) is 0 Å². The first-order valence-electron chi connectivity index (χ1n) is 5.20. The Balaban J connectivity index is 2.50. The summed E-state index contributed by atoms with van der Waals surface area (Å²) in [6.45, 7) is 9.95. The van der Waals surface area contributed by atoms with Crippen LogP contribution in [0.15, 0.2) is 0 Å². The molecule has 0 saturated carbocycles. The Kier molecular flexibility index (Phi) is 3.71. The van der Waals surface area contributed by atoms with Crippen molar-refractivity contribution in [1.29, 1.82) is 0 Å². The minimum Gasteiger partial charge on any atom is -0.329 e. The van der Waals surface area contributed by atoms with Crippen molar-refractivity contribution >= 4 is 0 Å². The highest BCUT2D eigenvalue weighted by Gasteiger charge is 2.26. The molecule has 0 aromatic heterocycles. The number of rotatable bonds is 2. The van der Waals surface area contributed by atoms with Crippen molar-refractivity contribution in [2.45, 2.75) is 25.8 Å². The average Bonchev–Trinajstić information content (AvgIpc) is 2.30. The Bertz CT molecular complexity index is 156. The van der Waals surface area contributed by atoms with E-state index in [1.807, 2.05) is 0 Å². The third kappa shape index (κ3) is 2.93. The first-order valence-corrected chi connectivity index (χ1v) is 5.20. The smallest absolute Gasteiger partial charge is 0.0276 e. The van der Waals surface area contributed by atoms with Crippen LogP contribution < -0.4 is 5.73 Å². The highest BCUT2D eigenvalue weighted by molar-refractivity contribution is 4.84. The van der Waals surface area contributed by atoms with Gasteiger partial charge in [0.25, 0.3) is 0 Å². The van der Waals surface area contributed by atoms with Gasteiger partial charge in [0.1, 0.15) is 0 Å². The Labute approximate surface area is 81.9 Å². The van der Waals surface area contributed by atoms with Crippen LogP contribution >= 0.6 is 0 Å². The fraction of sp³-hybridized carbons (Fsp3) is 1.00. The van der Waals surface area contributed by atoms with Crippen LogP contribution in [0.4, 0.5) is 0 Å². The average molecular weight is 185 g/mol. The van der Waals surface area contributed by atoms with Crippen LogP contribution in [-0.4, -0.2) is 55.1 Å². The molecule has 0 atom stereocenters. The van der Waals surface area contributed by atoms with Crippen LogP contribution in [0.25, 0.3) is 0 Å². The molecule has 0 amide bonds. The minimum absolute atomic E-state index is 0.172. The molecule has 0 radical (unpaired) electrons. The zero-order valence-electron chi connectivity index (χ0n) is 9.21. The van der Waals surface area contributed by atoms with Crippen LogP contribution in [0.1, 0.15) is 20.3 Å². The van der Waals surface area contributed by atoms with E-state index in [-0.39, 0.29) is 5.54 Å². The minimum atomic E-state index is 0.172. The number of nitrogens with zero attached hydrogens (tertiary/aromatic N) is 2. The first-order chi connectivity index (χ1) is 6.06. The van der Waals surface area contributed by atoms with E-state index in [1.54, 1.807) is 0 Å². The summed E-state index contributed by atoms with van der Waals surface area (Å²) < 4.78 is 0. The summed E-state index contributed by atoms with van der Waals surface area (Å²) in [4.78, 5) is 4.91. The lowest BCUT2D eigenvalue weighted by molar-refractivity contribution is 0.132. The van der Waals surface area contributed by atoms with Crippen molar-refractivity contribution in [3.8, 4) is 0 Å². The van der Waals surface area contributed by atoms with Gasteiger partial charge in [-0.25, -0.2) is 0 Å². The summed E-state index contributed by atoms with van der Waals surface area (Å²) in [5, 5.41) is 0. The third-order valence-electron chi connectivity index (χ3n) is 3.08. The monoisotopic (exact) mass is 185 g/mol. The molecule has 0 aliphatic carbocycles. The SMILES string of the molecule is CN1CCCN(C(C)(C)CN)CC1. The Morgan fingerprint density at radius 2 is 1.85 bits per heavy atom. The van der Waals surface area contributed by atoms with Crippen molar-refractivity contribution < 1.29 is 0 Å². The Morgan fingerprint density at radius 1 is 1.15 bits per heavy atom. The topological polar surface area (TPSA) is 32.5 Å². The maximum Gasteiger partial charge on any atom is 0.0276 e. The van der Waals surface area contributed by atoms with Crippen molar-refractivity contribution in [2.24, 2.45) is 5.73 Å². The van der Waals surface area contributed by atoms with E-state index in [0.717, 1.165) is 13.1 Å². The van der Waals surface area contributed by atoms with E-state index in [0.29, 0.717) is 0 Å². The highest BCUT2D eigenvalue weighted by Crippen LogP contribution is 2.14. The summed E-state index contributed by atoms with van der Waals surface area (Å²) >= 11 is 0. The molecule has 13 heavy (non-hydrogen) atoms. The predicted molar refractivity (Wildman–Crippen MR) is 56.8 cm³/mol. The normalized spacial score (nSPS) is 23.1. The fourth-order valence-corrected chi connectivity index (χ4v) is 1.78. The second-order valence-electron chi connectivity index (χ2n) is 4.66. The molecule has 1 saturated heterocycles. The molecule has 3 heteroatoms. The Morgan fingerprint density at radius 3 is 2.46 bits per heavy atom. The van der Waals surface area contributed by atoms with Crippen molar-refractivity contribution in [2.75, 3.05) is 39.8 Å². The van der Waals surface area contributed by atoms with Gasteiger partial charge < -0.3 is 10.6 Å². The molecule has 1 aliphatic rings. The molecular weight excluding hydrogens is 162 g/mol. The lowest BCUT2D eigenvalue weighted by Crippen LogP contribution is -2.50. The Hall–Kier alpha value is -0.120. The molecule has 0 aromatic rings. The molecule has 78 valence electrons. The molecule has 1 rings (SSSR count). The summed E-state index contributed by atoms with van der Waals surface area (Å²) in [6, 6.07) is 0. The maximum absolute atomic E-state index is 5.77. The standard InChI is InChI=1S/C10H23N3/c1-10(2,9-11)13-6-4-5-12(3)7-8-13/h4-9,11H2,1-3H3. The van der Waals surface area contributed by atoms with E-state index < -0.39 is 0 Å². The summed E-state index contributed by atoms with van der Waals surface area (Å²) in [7, 11) is 2.19. The van der Waals surface area contributed by atoms with Crippen molar-refractivity contribution in [3.05, 3.63) is 0 Å². The van der Waals surface area contributed by atoms with Gasteiger partial charge in [0.05, 0.1) is 0 Å². The lowest BCUT2D eigenvalue weighted by Gasteiger charge is -2.36. The molecular formula is C10H23N3. The van der Waals surface area contributed by atoms with E-state index in [4.69, 9.17) is 5.73 Å². The van der Waals surface area contributed by atoms with Gasteiger partial charge >= 0.3 is 0 Å². The van der Waals surface area contributed by atoms with E-state index in [9.17, 15) is 0 Å². The number of nitrogens with two attached hydrogens (primary N) is 1. The van der Waals surface area contributed by atoms with Gasteiger partial charge in [-0.2, -0.15) is 0 Å². The number of hydrogen-bond acceptors (Lipinski definition) is 3. The molecule has 2 N–H and O–H groups in total. The summed E-state index contributed by atoms with van der Waals surface area (Å²) in [5.41, 5.74) is 5.94. The van der Waals surface area contributed by atoms with Gasteiger partial charge in [0.15, 0.2) is 0 Å². The second kappa shape index (κ2) is 4.40. The third-order valence-corrected chi connectivity index (χ3v) is 3.08. The van der Waals surface area contributed by atoms with Gasteiger partial charge in [-0.3, -0.25) is 4.90 Å². The zero-order valence-corrected chi connectivity index (χ0v) is 9.21. The number of likely N-dealkylation sites (N-methyl/N-ethyl adjacent to an activating group) is 1. The molecule has 0 spiro atoms. The summed E-state index contributed by atoms with van der Waals surface area (Å²) in [6.07, 6.45) is 1.26. The molecule has 1 fully saturated rings. The van der Waals surface area contributed by atoms with Crippen LogP contribution in [-0.2, 0) is 0 Å². The second-order valence-corrected chi connectivity index (χ2v) is 4.66. The summed E-state index contributed by atoms with van der Waals surface area (Å²) in [5.74, 6) is 0. The molecule has 0 aromatic carbocycles. The maximum atomic E-state index is 5.77. The molecule has 1 aliphatic heterocycles. The van der Waals surface area contributed by atoms with Gasteiger partial charge in [0, 0.05) is 25.2 Å². The number of hydrogen-bond donors (Lipinski definition) is 1. The van der Waals surface area contributed by atoms with E-state index >= 15 is 0 Å². The fourth-order valence-electron chi connectivity index (χ4n) is 1.78. The first kappa shape index (κ1) is 11.0. The van der Waals surface area contributed by atoms with Crippen LogP contribution in [0.5, 0.6) is 0 Å². The van der Waals surface area contributed by atoms with Crippen LogP contribution in [0, 0.1) is 0 Å². The quantitative estimate of drug-likeness (QED) is 0.674. The zero-order chi connectivity index (χ0) is 9.90.